The summed E-state index contributed by atoms with van der Waals surface area (Å²) in [5.41, 5.74) is -0.146. The van der Waals surface area contributed by atoms with E-state index in [-0.39, 0.29) is 5.92 Å². The average Bonchev–Trinajstić information content (AvgIpc) is 2.98. The van der Waals surface area contributed by atoms with Crippen molar-refractivity contribution in [2.45, 2.75) is 24.9 Å². The molecule has 1 aliphatic rings. The van der Waals surface area contributed by atoms with Gasteiger partial charge in [-0.05, 0) is 42.5 Å². The van der Waals surface area contributed by atoms with Crippen LogP contribution in [-0.4, -0.2) is 7.11 Å². The van der Waals surface area contributed by atoms with Crippen molar-refractivity contribution in [3.63, 3.8) is 0 Å². The summed E-state index contributed by atoms with van der Waals surface area (Å²) in [6, 6.07) is 3.96. The van der Waals surface area contributed by atoms with Crippen LogP contribution >= 0.6 is 0 Å². The van der Waals surface area contributed by atoms with E-state index in [0.717, 1.165) is 18.9 Å². The first-order valence-electron chi connectivity index (χ1n) is 4.77. The van der Waals surface area contributed by atoms with Crippen molar-refractivity contribution < 1.29 is 17.9 Å². The standard InChI is InChI=1S/C11H11F3O/c1-15-8-4-5-10(11(12,13)14)9(6-8)7-2-3-7/h4-7H,2-3H2,1H3. The second-order valence-corrected chi connectivity index (χ2v) is 3.73. The molecule has 1 nitrogen and oxygen atoms in total. The fraction of sp³-hybridized carbons (Fsp3) is 0.455. The number of benzene rings is 1. The van der Waals surface area contributed by atoms with Gasteiger partial charge in [0.05, 0.1) is 12.7 Å². The zero-order valence-corrected chi connectivity index (χ0v) is 8.27. The van der Waals surface area contributed by atoms with E-state index in [1.54, 1.807) is 0 Å². The van der Waals surface area contributed by atoms with Gasteiger partial charge < -0.3 is 4.74 Å². The highest BCUT2D eigenvalue weighted by Gasteiger charge is 2.38. The molecule has 1 fully saturated rings. The van der Waals surface area contributed by atoms with Gasteiger partial charge >= 0.3 is 6.18 Å². The van der Waals surface area contributed by atoms with Crippen molar-refractivity contribution in [3.05, 3.63) is 29.3 Å². The monoisotopic (exact) mass is 216 g/mol. The molecule has 4 heteroatoms. The van der Waals surface area contributed by atoms with Gasteiger partial charge in [-0.2, -0.15) is 13.2 Å². The molecule has 0 aromatic heterocycles. The number of halogens is 3. The van der Waals surface area contributed by atoms with Crippen LogP contribution in [-0.2, 0) is 6.18 Å². The smallest absolute Gasteiger partial charge is 0.416 e. The molecule has 0 aliphatic heterocycles. The highest BCUT2D eigenvalue weighted by Crippen LogP contribution is 2.46. The lowest BCUT2D eigenvalue weighted by molar-refractivity contribution is -0.138. The quantitative estimate of drug-likeness (QED) is 0.734. The summed E-state index contributed by atoms with van der Waals surface area (Å²) in [4.78, 5) is 0. The van der Waals surface area contributed by atoms with Gasteiger partial charge in [-0.15, -0.1) is 0 Å². The lowest BCUT2D eigenvalue weighted by atomic mass is 10.0. The average molecular weight is 216 g/mol. The van der Waals surface area contributed by atoms with Crippen LogP contribution in [0.25, 0.3) is 0 Å². The largest absolute Gasteiger partial charge is 0.497 e. The Morgan fingerprint density at radius 3 is 2.40 bits per heavy atom. The third-order valence-electron chi connectivity index (χ3n) is 2.58. The maximum atomic E-state index is 12.6. The summed E-state index contributed by atoms with van der Waals surface area (Å²) in [6.07, 6.45) is -2.57. The van der Waals surface area contributed by atoms with E-state index in [1.165, 1.54) is 19.2 Å². The molecule has 1 aliphatic carbocycles. The van der Waals surface area contributed by atoms with Crippen molar-refractivity contribution in [3.8, 4) is 5.75 Å². The molecule has 0 saturated heterocycles. The van der Waals surface area contributed by atoms with Crippen LogP contribution < -0.4 is 4.74 Å². The van der Waals surface area contributed by atoms with Crippen LogP contribution in [0.3, 0.4) is 0 Å². The topological polar surface area (TPSA) is 9.23 Å². The van der Waals surface area contributed by atoms with Gasteiger partial charge in [-0.1, -0.05) is 0 Å². The van der Waals surface area contributed by atoms with Crippen LogP contribution in [0.2, 0.25) is 0 Å². The lowest BCUT2D eigenvalue weighted by Crippen LogP contribution is -2.08. The van der Waals surface area contributed by atoms with Crippen LogP contribution in [0, 0.1) is 0 Å². The van der Waals surface area contributed by atoms with Crippen LogP contribution in [0.4, 0.5) is 13.2 Å². The van der Waals surface area contributed by atoms with E-state index in [0.29, 0.717) is 11.3 Å². The molecule has 0 atom stereocenters. The first-order chi connectivity index (χ1) is 7.02. The third-order valence-corrected chi connectivity index (χ3v) is 2.58. The van der Waals surface area contributed by atoms with Gasteiger partial charge in [0.15, 0.2) is 0 Å². The second kappa shape index (κ2) is 3.43. The highest BCUT2D eigenvalue weighted by atomic mass is 19.4. The van der Waals surface area contributed by atoms with E-state index >= 15 is 0 Å². The molecular formula is C11H11F3O. The molecule has 2 rings (SSSR count). The third kappa shape index (κ3) is 2.08. The van der Waals surface area contributed by atoms with Crippen molar-refractivity contribution in [2.75, 3.05) is 7.11 Å². The summed E-state index contributed by atoms with van der Waals surface area (Å²) in [6.45, 7) is 0. The Kier molecular flexibility index (Phi) is 2.37. The molecule has 0 radical (unpaired) electrons. The second-order valence-electron chi connectivity index (χ2n) is 3.73. The van der Waals surface area contributed by atoms with Gasteiger partial charge in [0.25, 0.3) is 0 Å². The number of hydrogen-bond acceptors (Lipinski definition) is 1. The molecule has 1 aromatic rings. The van der Waals surface area contributed by atoms with Gasteiger partial charge in [0.2, 0.25) is 0 Å². The zero-order valence-electron chi connectivity index (χ0n) is 8.27. The molecular weight excluding hydrogens is 205 g/mol. The Hall–Kier alpha value is -1.19. The zero-order chi connectivity index (χ0) is 11.1. The van der Waals surface area contributed by atoms with Crippen molar-refractivity contribution in [1.82, 2.24) is 0 Å². The Bertz CT molecular complexity index is 367. The van der Waals surface area contributed by atoms with Crippen LogP contribution in [0.5, 0.6) is 5.75 Å². The molecule has 1 aromatic carbocycles. The molecule has 82 valence electrons. The molecule has 0 spiro atoms. The molecule has 0 heterocycles. The molecule has 0 bridgehead atoms. The summed E-state index contributed by atoms with van der Waals surface area (Å²) >= 11 is 0. The fourth-order valence-electron chi connectivity index (χ4n) is 1.66. The van der Waals surface area contributed by atoms with Gasteiger partial charge in [0, 0.05) is 0 Å². The first-order valence-corrected chi connectivity index (χ1v) is 4.77. The number of rotatable bonds is 2. The fourth-order valence-corrected chi connectivity index (χ4v) is 1.66. The highest BCUT2D eigenvalue weighted by molar-refractivity contribution is 5.41. The predicted molar refractivity (Wildman–Crippen MR) is 50.0 cm³/mol. The van der Waals surface area contributed by atoms with Gasteiger partial charge in [-0.3, -0.25) is 0 Å². The molecule has 0 N–H and O–H groups in total. The van der Waals surface area contributed by atoms with Crippen LogP contribution in [0.1, 0.15) is 29.9 Å². The van der Waals surface area contributed by atoms with Gasteiger partial charge in [0.1, 0.15) is 5.75 Å². The normalized spacial score (nSPS) is 16.5. The summed E-state index contributed by atoms with van der Waals surface area (Å²) in [5, 5.41) is 0. The van der Waals surface area contributed by atoms with Crippen molar-refractivity contribution in [1.29, 1.82) is 0 Å². The number of alkyl halides is 3. The van der Waals surface area contributed by atoms with Gasteiger partial charge in [-0.25, -0.2) is 0 Å². The van der Waals surface area contributed by atoms with E-state index in [9.17, 15) is 13.2 Å². The lowest BCUT2D eigenvalue weighted by Gasteiger charge is -2.13. The number of methoxy groups -OCH3 is 1. The molecule has 0 amide bonds. The van der Waals surface area contributed by atoms with Crippen LogP contribution in [0.15, 0.2) is 18.2 Å². The Balaban J connectivity index is 2.45. The van der Waals surface area contributed by atoms with E-state index < -0.39 is 11.7 Å². The molecule has 15 heavy (non-hydrogen) atoms. The minimum absolute atomic E-state index is 0.0664. The minimum atomic E-state index is -4.26. The Morgan fingerprint density at radius 2 is 1.93 bits per heavy atom. The molecule has 0 unspecified atom stereocenters. The SMILES string of the molecule is COc1ccc(C(F)(F)F)c(C2CC2)c1. The predicted octanol–water partition coefficient (Wildman–Crippen LogP) is 3.59. The molecule has 1 saturated carbocycles. The summed E-state index contributed by atoms with van der Waals surface area (Å²) in [5.74, 6) is 0.557. The Labute approximate surface area is 85.9 Å². The summed E-state index contributed by atoms with van der Waals surface area (Å²) < 4.78 is 42.8. The maximum absolute atomic E-state index is 12.6. The number of ether oxygens (including phenoxy) is 1. The number of hydrogen-bond donors (Lipinski definition) is 0. The van der Waals surface area contributed by atoms with E-state index in [4.69, 9.17) is 4.74 Å². The van der Waals surface area contributed by atoms with Crippen molar-refractivity contribution >= 4 is 0 Å². The van der Waals surface area contributed by atoms with E-state index in [2.05, 4.69) is 0 Å². The van der Waals surface area contributed by atoms with Crippen molar-refractivity contribution in [2.24, 2.45) is 0 Å². The summed E-state index contributed by atoms with van der Waals surface area (Å²) in [7, 11) is 1.46. The maximum Gasteiger partial charge on any atom is 0.416 e. The van der Waals surface area contributed by atoms with E-state index in [1.807, 2.05) is 0 Å². The first kappa shape index (κ1) is 10.3. The minimum Gasteiger partial charge on any atom is -0.497 e. The Morgan fingerprint density at radius 1 is 1.27 bits per heavy atom.